The molecule has 0 spiro atoms. The zero-order valence-corrected chi connectivity index (χ0v) is 38.0. The van der Waals surface area contributed by atoms with Crippen LogP contribution in [0.5, 0.6) is 0 Å². The fraction of sp³-hybridized carbons (Fsp3) is 0.875. The Morgan fingerprint density at radius 2 is 0.479 bits per heavy atom. The molecular formula is C48H92. The van der Waals surface area contributed by atoms with E-state index in [1.54, 1.807) is 33.4 Å². The van der Waals surface area contributed by atoms with Gasteiger partial charge in [-0.2, -0.15) is 0 Å². The summed E-state index contributed by atoms with van der Waals surface area (Å²) >= 11 is 0. The van der Waals surface area contributed by atoms with E-state index in [1.807, 2.05) is 0 Å². The van der Waals surface area contributed by atoms with Crippen molar-refractivity contribution in [3.63, 3.8) is 0 Å². The van der Waals surface area contributed by atoms with Gasteiger partial charge in [0.15, 0.2) is 0 Å². The Morgan fingerprint density at radius 3 is 0.562 bits per heavy atom. The SMILES string of the molecule is CC(C)(C)CCC(C)(CCC(C)(C)C)C(C)(C)C.CC1=C(C)[C@H](C)C(C)[C@@H]1C.CC1=C(C)[C@H](C)C(C)[C@@H]1C.CC1=C(C)[C@H](C)C(C)[C@@H]1C. The molecule has 0 aromatic heterocycles. The number of hydrogen-bond acceptors (Lipinski definition) is 0. The molecule has 3 rings (SSSR count). The number of allylic oxidation sites excluding steroid dienone is 6. The van der Waals surface area contributed by atoms with Gasteiger partial charge in [-0.1, -0.05) is 165 Å². The summed E-state index contributed by atoms with van der Waals surface area (Å²) in [5, 5.41) is 0. The van der Waals surface area contributed by atoms with E-state index in [-0.39, 0.29) is 0 Å². The maximum atomic E-state index is 2.50. The molecular weight excluding hydrogens is 577 g/mol. The van der Waals surface area contributed by atoms with Crippen molar-refractivity contribution in [2.75, 3.05) is 0 Å². The highest BCUT2D eigenvalue weighted by Gasteiger charge is 2.38. The third-order valence-electron chi connectivity index (χ3n) is 15.4. The Kier molecular flexibility index (Phi) is 17.8. The van der Waals surface area contributed by atoms with Crippen molar-refractivity contribution in [2.24, 2.45) is 74.9 Å². The molecule has 0 radical (unpaired) electrons. The second-order valence-corrected chi connectivity index (χ2v) is 21.3. The van der Waals surface area contributed by atoms with Crippen LogP contribution < -0.4 is 0 Å². The molecule has 48 heavy (non-hydrogen) atoms. The van der Waals surface area contributed by atoms with Gasteiger partial charge in [0.2, 0.25) is 0 Å². The van der Waals surface area contributed by atoms with Crippen LogP contribution in [0.1, 0.15) is 199 Å². The second-order valence-electron chi connectivity index (χ2n) is 21.3. The molecule has 0 heteroatoms. The third kappa shape index (κ3) is 13.1. The average molecular weight is 669 g/mol. The van der Waals surface area contributed by atoms with Crippen LogP contribution in [0.15, 0.2) is 33.4 Å². The Balaban J connectivity index is 0.000000637. The monoisotopic (exact) mass is 669 g/mol. The molecule has 0 aromatic rings. The maximum Gasteiger partial charge on any atom is -0.0200 e. The van der Waals surface area contributed by atoms with Gasteiger partial charge in [0, 0.05) is 0 Å². The van der Waals surface area contributed by atoms with Gasteiger partial charge in [-0.3, -0.25) is 0 Å². The smallest absolute Gasteiger partial charge is 0.0200 e. The summed E-state index contributed by atoms with van der Waals surface area (Å²) in [7, 11) is 0. The quantitative estimate of drug-likeness (QED) is 0.262. The highest BCUT2D eigenvalue weighted by atomic mass is 14.4. The van der Waals surface area contributed by atoms with Gasteiger partial charge in [-0.05, 0) is 142 Å². The molecule has 0 N–H and O–H groups in total. The first-order valence-electron chi connectivity index (χ1n) is 20.3. The van der Waals surface area contributed by atoms with Crippen LogP contribution in [0, 0.1) is 74.9 Å². The highest BCUT2D eigenvalue weighted by molar-refractivity contribution is 5.24. The Morgan fingerprint density at radius 1 is 0.312 bits per heavy atom. The van der Waals surface area contributed by atoms with E-state index in [2.05, 4.69) is 173 Å². The van der Waals surface area contributed by atoms with Gasteiger partial charge in [0.25, 0.3) is 0 Å². The van der Waals surface area contributed by atoms with Gasteiger partial charge in [0.1, 0.15) is 0 Å². The Hall–Kier alpha value is -0.780. The molecule has 0 aromatic carbocycles. The lowest BCUT2D eigenvalue weighted by molar-refractivity contribution is 0.0565. The van der Waals surface area contributed by atoms with Crippen LogP contribution in [0.2, 0.25) is 0 Å². The maximum absolute atomic E-state index is 2.50. The number of hydrogen-bond donors (Lipinski definition) is 0. The van der Waals surface area contributed by atoms with Gasteiger partial charge in [0.05, 0.1) is 0 Å². The first-order valence-corrected chi connectivity index (χ1v) is 20.3. The van der Waals surface area contributed by atoms with E-state index >= 15 is 0 Å². The minimum Gasteiger partial charge on any atom is -0.0710 e. The molecule has 0 bridgehead atoms. The van der Waals surface area contributed by atoms with Crippen LogP contribution >= 0.6 is 0 Å². The molecule has 0 heterocycles. The lowest BCUT2D eigenvalue weighted by Crippen LogP contribution is -2.34. The first kappa shape index (κ1) is 47.2. The summed E-state index contributed by atoms with van der Waals surface area (Å²) < 4.78 is 0. The molecule has 9 atom stereocenters. The third-order valence-corrected chi connectivity index (χ3v) is 15.4. The summed E-state index contributed by atoms with van der Waals surface area (Å²) in [6.07, 6.45) is 5.34. The van der Waals surface area contributed by atoms with Gasteiger partial charge >= 0.3 is 0 Å². The van der Waals surface area contributed by atoms with Crippen molar-refractivity contribution in [3.8, 4) is 0 Å². The van der Waals surface area contributed by atoms with Crippen LogP contribution in [0.4, 0.5) is 0 Å². The van der Waals surface area contributed by atoms with Crippen LogP contribution in [0.25, 0.3) is 0 Å². The van der Waals surface area contributed by atoms with Crippen molar-refractivity contribution in [1.82, 2.24) is 0 Å². The predicted molar refractivity (Wildman–Crippen MR) is 223 cm³/mol. The van der Waals surface area contributed by atoms with E-state index in [1.165, 1.54) is 25.7 Å². The summed E-state index contributed by atoms with van der Waals surface area (Å²) in [4.78, 5) is 0. The Labute approximate surface area is 306 Å². The lowest BCUT2D eigenvalue weighted by atomic mass is 9.60. The average Bonchev–Trinajstić information content (AvgIpc) is 3.34. The van der Waals surface area contributed by atoms with Gasteiger partial charge < -0.3 is 0 Å². The minimum atomic E-state index is 0.392. The molecule has 0 aliphatic heterocycles. The second kappa shape index (κ2) is 18.1. The fourth-order valence-electron chi connectivity index (χ4n) is 8.00. The van der Waals surface area contributed by atoms with E-state index in [0.29, 0.717) is 21.7 Å². The standard InChI is InChI=1S/C18H38.3C10H18/c1-15(2,3)11-13-18(10,17(7,8)9)14-12-16(4,5)6;3*1-6-7(2)9(4)10(5)8(6)3/h11-14H2,1-10H3;3*6-8H,1-5H3/t;3*6?,7-,8+. The zero-order chi connectivity index (χ0) is 38.5. The molecule has 0 saturated heterocycles. The molecule has 3 aliphatic rings. The van der Waals surface area contributed by atoms with E-state index in [4.69, 9.17) is 0 Å². The largest absolute Gasteiger partial charge is 0.0710 e. The molecule has 284 valence electrons. The molecule has 0 fully saturated rings. The normalized spacial score (nSPS) is 31.3. The minimum absolute atomic E-state index is 0.392. The summed E-state index contributed by atoms with van der Waals surface area (Å²) in [5.74, 6) is 7.47. The van der Waals surface area contributed by atoms with Gasteiger partial charge in [-0.25, -0.2) is 0 Å². The van der Waals surface area contributed by atoms with E-state index in [9.17, 15) is 0 Å². The van der Waals surface area contributed by atoms with Crippen LogP contribution in [0.3, 0.4) is 0 Å². The van der Waals surface area contributed by atoms with Crippen molar-refractivity contribution in [2.45, 2.75) is 199 Å². The predicted octanol–water partition coefficient (Wildman–Crippen LogP) is 16.4. The fourth-order valence-corrected chi connectivity index (χ4v) is 8.00. The molecule has 0 amide bonds. The summed E-state index contributed by atoms with van der Waals surface area (Å²) in [6, 6.07) is 0. The van der Waals surface area contributed by atoms with Gasteiger partial charge in [-0.15, -0.1) is 0 Å². The first-order chi connectivity index (χ1) is 21.3. The molecule has 0 nitrogen and oxygen atoms in total. The van der Waals surface area contributed by atoms with Crippen molar-refractivity contribution < 1.29 is 0 Å². The highest BCUT2D eigenvalue weighted by Crippen LogP contribution is 2.49. The van der Waals surface area contributed by atoms with Crippen LogP contribution in [-0.2, 0) is 0 Å². The zero-order valence-electron chi connectivity index (χ0n) is 38.0. The van der Waals surface area contributed by atoms with Crippen molar-refractivity contribution >= 4 is 0 Å². The topological polar surface area (TPSA) is 0 Å². The van der Waals surface area contributed by atoms with E-state index in [0.717, 1.165) is 53.3 Å². The van der Waals surface area contributed by atoms with Crippen molar-refractivity contribution in [1.29, 1.82) is 0 Å². The lowest BCUT2D eigenvalue weighted by Gasteiger charge is -2.45. The van der Waals surface area contributed by atoms with E-state index < -0.39 is 0 Å². The summed E-state index contributed by atoms with van der Waals surface area (Å²) in [6.45, 7) is 58.7. The van der Waals surface area contributed by atoms with Crippen molar-refractivity contribution in [3.05, 3.63) is 33.4 Å². The van der Waals surface area contributed by atoms with Crippen LogP contribution in [-0.4, -0.2) is 0 Å². The molecule has 3 aliphatic carbocycles. The summed E-state index contributed by atoms with van der Waals surface area (Å²) in [5.41, 5.74) is 11.5. The molecule has 3 unspecified atom stereocenters. The number of rotatable bonds is 4. The Bertz CT molecular complexity index is 915. The molecule has 0 saturated carbocycles.